The van der Waals surface area contributed by atoms with Crippen LogP contribution in [0.15, 0.2) is 18.2 Å². The number of amides is 1. The fourth-order valence-electron chi connectivity index (χ4n) is 2.37. The minimum absolute atomic E-state index is 0.150. The summed E-state index contributed by atoms with van der Waals surface area (Å²) in [6.45, 7) is 0.189. The second-order valence-corrected chi connectivity index (χ2v) is 5.12. The highest BCUT2D eigenvalue weighted by molar-refractivity contribution is 5.78. The smallest absolute Gasteiger partial charge is 0.224 e. The summed E-state index contributed by atoms with van der Waals surface area (Å²) in [5.74, 6) is -1.76. The summed E-state index contributed by atoms with van der Waals surface area (Å²) in [6, 6.07) is 3.14. The molecule has 3 nitrogen and oxygen atoms in total. The van der Waals surface area contributed by atoms with E-state index >= 15 is 0 Å². The zero-order chi connectivity index (χ0) is 13.9. The highest BCUT2D eigenvalue weighted by Gasteiger charge is 2.31. The Labute approximate surface area is 110 Å². The minimum atomic E-state index is -0.822. The van der Waals surface area contributed by atoms with Crippen molar-refractivity contribution < 1.29 is 18.7 Å². The predicted octanol–water partition coefficient (Wildman–Crippen LogP) is 1.93. The molecule has 1 aliphatic rings. The number of rotatable bonds is 4. The lowest BCUT2D eigenvalue weighted by Crippen LogP contribution is -2.41. The van der Waals surface area contributed by atoms with Gasteiger partial charge in [-0.05, 0) is 24.5 Å². The van der Waals surface area contributed by atoms with E-state index in [9.17, 15) is 18.7 Å². The zero-order valence-corrected chi connectivity index (χ0v) is 10.6. The molecule has 0 saturated heterocycles. The molecule has 0 atom stereocenters. The molecule has 2 N–H and O–H groups in total. The van der Waals surface area contributed by atoms with Crippen molar-refractivity contribution in [3.8, 4) is 0 Å². The van der Waals surface area contributed by atoms with Crippen LogP contribution in [-0.2, 0) is 11.2 Å². The van der Waals surface area contributed by atoms with Gasteiger partial charge in [-0.15, -0.1) is 0 Å². The fourth-order valence-corrected chi connectivity index (χ4v) is 2.37. The van der Waals surface area contributed by atoms with Gasteiger partial charge in [0.1, 0.15) is 11.6 Å². The highest BCUT2D eigenvalue weighted by atomic mass is 19.1. The van der Waals surface area contributed by atoms with E-state index < -0.39 is 17.2 Å². The van der Waals surface area contributed by atoms with Crippen LogP contribution in [0.5, 0.6) is 0 Å². The van der Waals surface area contributed by atoms with Crippen LogP contribution in [-0.4, -0.2) is 23.2 Å². The number of carbonyl (C=O) groups is 1. The molecule has 1 saturated carbocycles. The molecule has 1 aliphatic carbocycles. The maximum absolute atomic E-state index is 13.4. The normalized spacial score (nSPS) is 17.4. The number of benzene rings is 1. The van der Waals surface area contributed by atoms with Crippen molar-refractivity contribution in [3.63, 3.8) is 0 Å². The average Bonchev–Trinajstić information content (AvgIpc) is 2.78. The topological polar surface area (TPSA) is 49.3 Å². The van der Waals surface area contributed by atoms with E-state index in [1.807, 2.05) is 0 Å². The molecular formula is C14H17F2NO2. The van der Waals surface area contributed by atoms with Gasteiger partial charge in [-0.25, -0.2) is 8.78 Å². The molecule has 104 valence electrons. The first-order valence-corrected chi connectivity index (χ1v) is 6.42. The minimum Gasteiger partial charge on any atom is -0.388 e. The third-order valence-corrected chi connectivity index (χ3v) is 3.52. The standard InChI is InChI=1S/C14H17F2NO2/c15-11-4-3-10(12(16)8-11)7-13(18)17-9-14(19)5-1-2-6-14/h3-4,8,19H,1-2,5-7,9H2,(H,17,18). The quantitative estimate of drug-likeness (QED) is 0.877. The third-order valence-electron chi connectivity index (χ3n) is 3.52. The lowest BCUT2D eigenvalue weighted by molar-refractivity contribution is -0.121. The van der Waals surface area contributed by atoms with Crippen LogP contribution in [0.4, 0.5) is 8.78 Å². The van der Waals surface area contributed by atoms with Crippen molar-refractivity contribution in [3.05, 3.63) is 35.4 Å². The molecule has 19 heavy (non-hydrogen) atoms. The van der Waals surface area contributed by atoms with E-state index in [4.69, 9.17) is 0 Å². The van der Waals surface area contributed by atoms with Crippen molar-refractivity contribution in [2.24, 2.45) is 0 Å². The largest absolute Gasteiger partial charge is 0.388 e. The fraction of sp³-hybridized carbons (Fsp3) is 0.500. The maximum Gasteiger partial charge on any atom is 0.224 e. The number of nitrogens with one attached hydrogen (secondary N) is 1. The lowest BCUT2D eigenvalue weighted by Gasteiger charge is -2.22. The molecular weight excluding hydrogens is 252 g/mol. The second kappa shape index (κ2) is 5.65. The van der Waals surface area contributed by atoms with Gasteiger partial charge in [0.05, 0.1) is 12.0 Å². The van der Waals surface area contributed by atoms with Gasteiger partial charge in [0, 0.05) is 12.6 Å². The van der Waals surface area contributed by atoms with Gasteiger partial charge in [0.15, 0.2) is 0 Å². The number of aliphatic hydroxyl groups is 1. The summed E-state index contributed by atoms with van der Waals surface area (Å²) >= 11 is 0. The van der Waals surface area contributed by atoms with E-state index in [1.54, 1.807) is 0 Å². The van der Waals surface area contributed by atoms with Crippen LogP contribution in [0.25, 0.3) is 0 Å². The summed E-state index contributed by atoms with van der Waals surface area (Å²) in [5, 5.41) is 12.7. The van der Waals surface area contributed by atoms with Gasteiger partial charge in [-0.3, -0.25) is 4.79 Å². The summed E-state index contributed by atoms with van der Waals surface area (Å²) in [4.78, 5) is 11.7. The Morgan fingerprint density at radius 3 is 2.63 bits per heavy atom. The summed E-state index contributed by atoms with van der Waals surface area (Å²) in [5.41, 5.74) is -0.672. The van der Waals surface area contributed by atoms with Gasteiger partial charge in [-0.2, -0.15) is 0 Å². The Hall–Kier alpha value is -1.49. The number of carbonyl (C=O) groups excluding carboxylic acids is 1. The van der Waals surface area contributed by atoms with E-state index in [1.165, 1.54) is 6.07 Å². The molecule has 1 aromatic carbocycles. The number of hydrogen-bond donors (Lipinski definition) is 2. The zero-order valence-electron chi connectivity index (χ0n) is 10.6. The van der Waals surface area contributed by atoms with Crippen LogP contribution < -0.4 is 5.32 Å². The molecule has 0 radical (unpaired) electrons. The van der Waals surface area contributed by atoms with E-state index in [-0.39, 0.29) is 24.4 Å². The lowest BCUT2D eigenvalue weighted by atomic mass is 10.0. The molecule has 0 spiro atoms. The summed E-state index contributed by atoms with van der Waals surface area (Å²) in [6.07, 6.45) is 3.12. The first-order valence-electron chi connectivity index (χ1n) is 6.42. The van der Waals surface area contributed by atoms with Crippen LogP contribution in [0.1, 0.15) is 31.2 Å². The molecule has 0 aromatic heterocycles. The first-order chi connectivity index (χ1) is 8.98. The second-order valence-electron chi connectivity index (χ2n) is 5.12. The van der Waals surface area contributed by atoms with Gasteiger partial charge < -0.3 is 10.4 Å². The van der Waals surface area contributed by atoms with Crippen molar-refractivity contribution in [1.82, 2.24) is 5.32 Å². The first kappa shape index (κ1) is 13.9. The van der Waals surface area contributed by atoms with Crippen molar-refractivity contribution in [2.75, 3.05) is 6.54 Å². The number of halogens is 2. The molecule has 0 unspecified atom stereocenters. The Bertz CT molecular complexity index is 471. The monoisotopic (exact) mass is 269 g/mol. The van der Waals surface area contributed by atoms with Crippen molar-refractivity contribution >= 4 is 5.91 Å². The molecule has 0 bridgehead atoms. The third kappa shape index (κ3) is 3.73. The molecule has 1 fully saturated rings. The Morgan fingerprint density at radius 2 is 2.00 bits per heavy atom. The van der Waals surface area contributed by atoms with Crippen LogP contribution in [0, 0.1) is 11.6 Å². The highest BCUT2D eigenvalue weighted by Crippen LogP contribution is 2.28. The SMILES string of the molecule is O=C(Cc1ccc(F)cc1F)NCC1(O)CCCC1. The molecule has 1 amide bonds. The molecule has 0 aliphatic heterocycles. The van der Waals surface area contributed by atoms with Crippen LogP contribution in [0.3, 0.4) is 0 Å². The van der Waals surface area contributed by atoms with E-state index in [0.29, 0.717) is 12.8 Å². The van der Waals surface area contributed by atoms with Gasteiger partial charge in [0.2, 0.25) is 5.91 Å². The molecule has 2 rings (SSSR count). The average molecular weight is 269 g/mol. The molecule has 1 aromatic rings. The van der Waals surface area contributed by atoms with Crippen molar-refractivity contribution in [1.29, 1.82) is 0 Å². The van der Waals surface area contributed by atoms with Crippen molar-refractivity contribution in [2.45, 2.75) is 37.7 Å². The summed E-state index contributed by atoms with van der Waals surface area (Å²) < 4.78 is 26.1. The molecule has 0 heterocycles. The Balaban J connectivity index is 1.87. The van der Waals surface area contributed by atoms with Crippen LogP contribution in [0.2, 0.25) is 0 Å². The Morgan fingerprint density at radius 1 is 1.32 bits per heavy atom. The van der Waals surface area contributed by atoms with Crippen LogP contribution >= 0.6 is 0 Å². The summed E-state index contributed by atoms with van der Waals surface area (Å²) in [7, 11) is 0. The Kier molecular flexibility index (Phi) is 4.14. The van der Waals surface area contributed by atoms with E-state index in [0.717, 1.165) is 25.0 Å². The van der Waals surface area contributed by atoms with Gasteiger partial charge in [-0.1, -0.05) is 18.9 Å². The van der Waals surface area contributed by atoms with Gasteiger partial charge >= 0.3 is 0 Å². The maximum atomic E-state index is 13.4. The van der Waals surface area contributed by atoms with Gasteiger partial charge in [0.25, 0.3) is 0 Å². The van der Waals surface area contributed by atoms with E-state index in [2.05, 4.69) is 5.32 Å². The number of hydrogen-bond acceptors (Lipinski definition) is 2. The molecule has 5 heteroatoms. The predicted molar refractivity (Wildman–Crippen MR) is 66.5 cm³/mol.